The zero-order valence-electron chi connectivity index (χ0n) is 11.5. The second-order valence-electron chi connectivity index (χ2n) is 4.93. The standard InChI is InChI=1S/C16H22N2O/c1-3-5-14(4-2)18-15(11-17)12-6-7-16-13(10-12)8-9-19-16/h2,6-7,10,14-15,18H,3,5,8-9,11,17H2,1H3. The highest BCUT2D eigenvalue weighted by molar-refractivity contribution is 5.41. The van der Waals surface area contributed by atoms with Gasteiger partial charge >= 0.3 is 0 Å². The maximum absolute atomic E-state index is 5.89. The minimum Gasteiger partial charge on any atom is -0.493 e. The summed E-state index contributed by atoms with van der Waals surface area (Å²) < 4.78 is 5.52. The Morgan fingerprint density at radius 2 is 2.37 bits per heavy atom. The average Bonchev–Trinajstić information content (AvgIpc) is 2.90. The van der Waals surface area contributed by atoms with Crippen molar-refractivity contribution in [1.82, 2.24) is 5.32 Å². The summed E-state index contributed by atoms with van der Waals surface area (Å²) in [4.78, 5) is 0. The van der Waals surface area contributed by atoms with Gasteiger partial charge in [0, 0.05) is 19.0 Å². The average molecular weight is 258 g/mol. The molecule has 0 bridgehead atoms. The smallest absolute Gasteiger partial charge is 0.122 e. The van der Waals surface area contributed by atoms with Gasteiger partial charge in [0.25, 0.3) is 0 Å². The third-order valence-electron chi connectivity index (χ3n) is 3.53. The van der Waals surface area contributed by atoms with Crippen molar-refractivity contribution in [3.63, 3.8) is 0 Å². The van der Waals surface area contributed by atoms with Gasteiger partial charge in [-0.25, -0.2) is 0 Å². The highest BCUT2D eigenvalue weighted by Gasteiger charge is 2.17. The Morgan fingerprint density at radius 3 is 3.05 bits per heavy atom. The first-order valence-electron chi connectivity index (χ1n) is 6.96. The van der Waals surface area contributed by atoms with Crippen molar-refractivity contribution in [3.8, 4) is 18.1 Å². The molecule has 3 nitrogen and oxygen atoms in total. The van der Waals surface area contributed by atoms with E-state index in [0.717, 1.165) is 31.6 Å². The molecule has 0 amide bonds. The van der Waals surface area contributed by atoms with Crippen molar-refractivity contribution in [2.45, 2.75) is 38.3 Å². The van der Waals surface area contributed by atoms with E-state index in [1.807, 2.05) is 6.07 Å². The molecule has 1 aliphatic rings. The number of ether oxygens (including phenoxy) is 1. The van der Waals surface area contributed by atoms with Crippen LogP contribution in [-0.4, -0.2) is 19.2 Å². The molecule has 2 atom stereocenters. The van der Waals surface area contributed by atoms with Crippen molar-refractivity contribution < 1.29 is 4.74 Å². The SMILES string of the molecule is C#CC(CCC)NC(CN)c1ccc2c(c1)CCO2. The van der Waals surface area contributed by atoms with Gasteiger partial charge in [0.15, 0.2) is 0 Å². The van der Waals surface area contributed by atoms with Crippen LogP contribution in [-0.2, 0) is 6.42 Å². The summed E-state index contributed by atoms with van der Waals surface area (Å²) in [5.74, 6) is 3.80. The Balaban J connectivity index is 2.11. The lowest BCUT2D eigenvalue weighted by atomic mass is 10.0. The molecule has 102 valence electrons. The molecule has 1 aliphatic heterocycles. The molecule has 0 spiro atoms. The third-order valence-corrected chi connectivity index (χ3v) is 3.53. The molecule has 19 heavy (non-hydrogen) atoms. The summed E-state index contributed by atoms with van der Waals surface area (Å²) in [7, 11) is 0. The summed E-state index contributed by atoms with van der Waals surface area (Å²) in [6.07, 6.45) is 8.58. The highest BCUT2D eigenvalue weighted by Crippen LogP contribution is 2.28. The van der Waals surface area contributed by atoms with Crippen LogP contribution in [0, 0.1) is 12.3 Å². The summed E-state index contributed by atoms with van der Waals surface area (Å²) in [5.41, 5.74) is 8.35. The first kappa shape index (κ1) is 13.9. The third kappa shape index (κ3) is 3.28. The zero-order chi connectivity index (χ0) is 13.7. The maximum Gasteiger partial charge on any atom is 0.122 e. The lowest BCUT2D eigenvalue weighted by Crippen LogP contribution is -2.35. The number of terminal acetylenes is 1. The Bertz CT molecular complexity index is 464. The van der Waals surface area contributed by atoms with Gasteiger partial charge in [0.2, 0.25) is 0 Å². The van der Waals surface area contributed by atoms with E-state index in [1.54, 1.807) is 0 Å². The van der Waals surface area contributed by atoms with E-state index in [1.165, 1.54) is 11.1 Å². The molecule has 0 aromatic heterocycles. The number of hydrogen-bond acceptors (Lipinski definition) is 3. The molecule has 1 aromatic rings. The lowest BCUT2D eigenvalue weighted by Gasteiger charge is -2.22. The summed E-state index contributed by atoms with van der Waals surface area (Å²) in [6, 6.07) is 6.49. The first-order valence-corrected chi connectivity index (χ1v) is 6.96. The van der Waals surface area contributed by atoms with Gasteiger partial charge in [-0.05, 0) is 23.6 Å². The lowest BCUT2D eigenvalue weighted by molar-refractivity contribution is 0.356. The van der Waals surface area contributed by atoms with E-state index in [9.17, 15) is 0 Å². The molecule has 1 aromatic carbocycles. The van der Waals surface area contributed by atoms with Gasteiger partial charge in [-0.1, -0.05) is 31.4 Å². The first-order chi connectivity index (χ1) is 9.28. The molecular weight excluding hydrogens is 236 g/mol. The summed E-state index contributed by atoms with van der Waals surface area (Å²) in [6.45, 7) is 3.46. The molecule has 0 aliphatic carbocycles. The fraction of sp³-hybridized carbons (Fsp3) is 0.500. The monoisotopic (exact) mass is 258 g/mol. The van der Waals surface area contributed by atoms with Gasteiger partial charge in [0.1, 0.15) is 5.75 Å². The summed E-state index contributed by atoms with van der Waals surface area (Å²) in [5, 5.41) is 3.46. The van der Waals surface area contributed by atoms with E-state index < -0.39 is 0 Å². The number of nitrogens with one attached hydrogen (secondary N) is 1. The fourth-order valence-electron chi connectivity index (χ4n) is 2.47. The minimum absolute atomic E-state index is 0.0862. The number of rotatable bonds is 6. The molecule has 0 fully saturated rings. The van der Waals surface area contributed by atoms with Crippen LogP contribution in [0.25, 0.3) is 0 Å². The number of fused-ring (bicyclic) bond motifs is 1. The van der Waals surface area contributed by atoms with Gasteiger partial charge in [-0.3, -0.25) is 5.32 Å². The van der Waals surface area contributed by atoms with E-state index in [2.05, 4.69) is 30.3 Å². The molecule has 3 heteroatoms. The van der Waals surface area contributed by atoms with Crippen molar-refractivity contribution >= 4 is 0 Å². The number of nitrogens with two attached hydrogens (primary N) is 1. The topological polar surface area (TPSA) is 47.3 Å². The van der Waals surface area contributed by atoms with Gasteiger partial charge in [0.05, 0.1) is 12.6 Å². The molecule has 3 N–H and O–H groups in total. The van der Waals surface area contributed by atoms with E-state index >= 15 is 0 Å². The molecule has 0 radical (unpaired) electrons. The quantitative estimate of drug-likeness (QED) is 0.767. The Kier molecular flexibility index (Phi) is 4.84. The van der Waals surface area contributed by atoms with Crippen molar-refractivity contribution in [2.24, 2.45) is 5.73 Å². The maximum atomic E-state index is 5.89. The van der Waals surface area contributed by atoms with Gasteiger partial charge < -0.3 is 10.5 Å². The normalized spacial score (nSPS) is 16.3. The number of hydrogen-bond donors (Lipinski definition) is 2. The minimum atomic E-state index is 0.0862. The van der Waals surface area contributed by atoms with Crippen LogP contribution in [0.5, 0.6) is 5.75 Å². The van der Waals surface area contributed by atoms with E-state index in [0.29, 0.717) is 6.54 Å². The molecule has 1 heterocycles. The van der Waals surface area contributed by atoms with Gasteiger partial charge in [-0.2, -0.15) is 0 Å². The van der Waals surface area contributed by atoms with Crippen molar-refractivity contribution in [2.75, 3.05) is 13.2 Å². The summed E-state index contributed by atoms with van der Waals surface area (Å²) >= 11 is 0. The van der Waals surface area contributed by atoms with Crippen LogP contribution < -0.4 is 15.8 Å². The predicted octanol–water partition coefficient (Wildman–Crippen LogP) is 2.01. The zero-order valence-corrected chi connectivity index (χ0v) is 11.5. The van der Waals surface area contributed by atoms with Crippen molar-refractivity contribution in [1.29, 1.82) is 0 Å². The second kappa shape index (κ2) is 6.60. The Morgan fingerprint density at radius 1 is 1.53 bits per heavy atom. The highest BCUT2D eigenvalue weighted by atomic mass is 16.5. The van der Waals surface area contributed by atoms with Crippen LogP contribution in [0.15, 0.2) is 18.2 Å². The fourth-order valence-corrected chi connectivity index (χ4v) is 2.47. The van der Waals surface area contributed by atoms with Crippen molar-refractivity contribution in [3.05, 3.63) is 29.3 Å². The van der Waals surface area contributed by atoms with E-state index in [-0.39, 0.29) is 12.1 Å². The molecule has 2 unspecified atom stereocenters. The molecule has 0 saturated carbocycles. The Hall–Kier alpha value is -1.50. The molecule has 0 saturated heterocycles. The van der Waals surface area contributed by atoms with Crippen LogP contribution >= 0.6 is 0 Å². The van der Waals surface area contributed by atoms with Crippen LogP contribution in [0.4, 0.5) is 0 Å². The molecular formula is C16H22N2O. The van der Waals surface area contributed by atoms with Crippen LogP contribution in [0.1, 0.15) is 36.9 Å². The number of benzene rings is 1. The second-order valence-corrected chi connectivity index (χ2v) is 4.93. The Labute approximate surface area is 115 Å². The van der Waals surface area contributed by atoms with Crippen LogP contribution in [0.3, 0.4) is 0 Å². The predicted molar refractivity (Wildman–Crippen MR) is 78.1 cm³/mol. The van der Waals surface area contributed by atoms with E-state index in [4.69, 9.17) is 16.9 Å². The largest absolute Gasteiger partial charge is 0.493 e. The molecule has 2 rings (SSSR count). The van der Waals surface area contributed by atoms with Gasteiger partial charge in [-0.15, -0.1) is 6.42 Å². The van der Waals surface area contributed by atoms with Crippen LogP contribution in [0.2, 0.25) is 0 Å².